The summed E-state index contributed by atoms with van der Waals surface area (Å²) in [6.07, 6.45) is 0. The van der Waals surface area contributed by atoms with E-state index >= 15 is 0 Å². The first-order chi connectivity index (χ1) is 9.93. The number of hydrogen-bond acceptors (Lipinski definition) is 4. The maximum Gasteiger partial charge on any atom is 0.241 e. The summed E-state index contributed by atoms with van der Waals surface area (Å²) in [7, 11) is -3.17. The van der Waals surface area contributed by atoms with Crippen LogP contribution in [0, 0.1) is 5.41 Å². The lowest BCUT2D eigenvalue weighted by Crippen LogP contribution is -2.45. The molecule has 0 aromatic heterocycles. The van der Waals surface area contributed by atoms with Crippen LogP contribution in [0.25, 0.3) is 0 Å². The largest absolute Gasteiger partial charge is 0.325 e. The van der Waals surface area contributed by atoms with Gasteiger partial charge in [0.05, 0.1) is 17.0 Å². The van der Waals surface area contributed by atoms with Gasteiger partial charge in [0.2, 0.25) is 5.91 Å². The van der Waals surface area contributed by atoms with Crippen LogP contribution in [0.5, 0.6) is 0 Å². The van der Waals surface area contributed by atoms with Crippen molar-refractivity contribution >= 4 is 33.8 Å². The smallest absolute Gasteiger partial charge is 0.241 e. The Morgan fingerprint density at radius 1 is 1.26 bits per heavy atom. The molecule has 3 N–H and O–H groups in total. The molecule has 1 atom stereocenters. The number of hydrogen-bond donors (Lipinski definition) is 2. The second kappa shape index (κ2) is 8.13. The van der Waals surface area contributed by atoms with Crippen molar-refractivity contribution in [2.45, 2.75) is 51.7 Å². The van der Waals surface area contributed by atoms with Gasteiger partial charge < -0.3 is 11.1 Å². The Labute approximate surface area is 145 Å². The highest BCUT2D eigenvalue weighted by Gasteiger charge is 2.27. The quantitative estimate of drug-likeness (QED) is 0.842. The van der Waals surface area contributed by atoms with Gasteiger partial charge in [-0.25, -0.2) is 8.42 Å². The topological polar surface area (TPSA) is 89.3 Å². The fourth-order valence-corrected chi connectivity index (χ4v) is 2.73. The Hall–Kier alpha value is -1.11. The summed E-state index contributed by atoms with van der Waals surface area (Å²) in [6.45, 7) is 8.99. The van der Waals surface area contributed by atoms with Crippen molar-refractivity contribution < 1.29 is 13.2 Å². The minimum absolute atomic E-state index is 0. The van der Waals surface area contributed by atoms with Crippen LogP contribution in [0.1, 0.15) is 40.2 Å². The van der Waals surface area contributed by atoms with E-state index in [4.69, 9.17) is 5.73 Å². The number of nitrogens with two attached hydrogens (primary N) is 1. The fraction of sp³-hybridized carbons (Fsp3) is 0.562. The SMILES string of the molecule is CC(C)S(=O)(=O)Cc1cccc(NC(=O)[C@@H](N)C(C)(C)C)c1.Cl. The summed E-state index contributed by atoms with van der Waals surface area (Å²) in [5, 5.41) is 2.31. The fourth-order valence-electron chi connectivity index (χ4n) is 1.75. The molecule has 1 amide bonds. The minimum atomic E-state index is -3.17. The second-order valence-corrected chi connectivity index (χ2v) is 9.45. The highest BCUT2D eigenvalue weighted by atomic mass is 35.5. The summed E-state index contributed by atoms with van der Waals surface area (Å²) in [4.78, 5) is 12.1. The van der Waals surface area contributed by atoms with Gasteiger partial charge in [0, 0.05) is 5.69 Å². The molecule has 0 saturated heterocycles. The molecule has 7 heteroatoms. The molecule has 0 unspecified atom stereocenters. The molecule has 0 radical (unpaired) electrons. The lowest BCUT2D eigenvalue weighted by Gasteiger charge is -2.25. The van der Waals surface area contributed by atoms with E-state index in [0.717, 1.165) is 0 Å². The van der Waals surface area contributed by atoms with Crippen LogP contribution in [-0.4, -0.2) is 25.6 Å². The molecule has 0 aliphatic heterocycles. The number of sulfone groups is 1. The zero-order valence-corrected chi connectivity index (χ0v) is 15.9. The number of anilines is 1. The standard InChI is InChI=1S/C16H26N2O3S.ClH/c1-11(2)22(20,21)10-12-7-6-8-13(9-12)18-15(19)14(17)16(3,4)5;/h6-9,11,14H,10,17H2,1-5H3,(H,18,19);1H/t14-;/m1./s1. The van der Waals surface area contributed by atoms with E-state index in [1.807, 2.05) is 20.8 Å². The van der Waals surface area contributed by atoms with Crippen LogP contribution in [0.15, 0.2) is 24.3 Å². The van der Waals surface area contributed by atoms with E-state index in [1.54, 1.807) is 38.1 Å². The van der Waals surface area contributed by atoms with Gasteiger partial charge in [-0.3, -0.25) is 4.79 Å². The second-order valence-electron chi connectivity index (χ2n) is 6.89. The van der Waals surface area contributed by atoms with E-state index < -0.39 is 21.1 Å². The molecule has 0 fully saturated rings. The zero-order valence-electron chi connectivity index (χ0n) is 14.3. The molecule has 0 aliphatic rings. The molecule has 1 aromatic carbocycles. The predicted octanol–water partition coefficient (Wildman–Crippen LogP) is 2.74. The Balaban J connectivity index is 0.00000484. The molecular formula is C16H27ClN2O3S. The molecule has 1 aromatic rings. The molecule has 23 heavy (non-hydrogen) atoms. The average molecular weight is 363 g/mol. The van der Waals surface area contributed by atoms with Crippen LogP contribution in [0.2, 0.25) is 0 Å². The van der Waals surface area contributed by atoms with E-state index in [0.29, 0.717) is 11.3 Å². The highest BCUT2D eigenvalue weighted by molar-refractivity contribution is 7.91. The molecule has 0 aliphatic carbocycles. The monoisotopic (exact) mass is 362 g/mol. The van der Waals surface area contributed by atoms with E-state index in [1.165, 1.54) is 0 Å². The number of carbonyl (C=O) groups is 1. The Morgan fingerprint density at radius 3 is 2.30 bits per heavy atom. The third-order valence-electron chi connectivity index (χ3n) is 3.50. The van der Waals surface area contributed by atoms with Gasteiger partial charge in [-0.15, -0.1) is 12.4 Å². The van der Waals surface area contributed by atoms with Gasteiger partial charge in [0.25, 0.3) is 0 Å². The highest BCUT2D eigenvalue weighted by Crippen LogP contribution is 2.20. The van der Waals surface area contributed by atoms with Crippen molar-refractivity contribution in [2.24, 2.45) is 11.1 Å². The molecular weight excluding hydrogens is 336 g/mol. The van der Waals surface area contributed by atoms with Gasteiger partial charge in [-0.05, 0) is 37.0 Å². The van der Waals surface area contributed by atoms with Gasteiger partial charge >= 0.3 is 0 Å². The minimum Gasteiger partial charge on any atom is -0.325 e. The van der Waals surface area contributed by atoms with E-state index in [2.05, 4.69) is 5.32 Å². The van der Waals surface area contributed by atoms with Crippen molar-refractivity contribution in [3.05, 3.63) is 29.8 Å². The predicted molar refractivity (Wildman–Crippen MR) is 97.5 cm³/mol. The lowest BCUT2D eigenvalue weighted by molar-refractivity contribution is -0.119. The van der Waals surface area contributed by atoms with Crippen LogP contribution in [-0.2, 0) is 20.4 Å². The number of halogens is 1. The van der Waals surface area contributed by atoms with Gasteiger partial charge in [0.1, 0.15) is 0 Å². The molecule has 1 rings (SSSR count). The number of nitrogens with one attached hydrogen (secondary N) is 1. The van der Waals surface area contributed by atoms with E-state index in [9.17, 15) is 13.2 Å². The van der Waals surface area contributed by atoms with Crippen molar-refractivity contribution in [1.29, 1.82) is 0 Å². The van der Waals surface area contributed by atoms with Crippen molar-refractivity contribution in [3.63, 3.8) is 0 Å². The summed E-state index contributed by atoms with van der Waals surface area (Å²) in [6, 6.07) is 6.21. The van der Waals surface area contributed by atoms with Crippen LogP contribution in [0.4, 0.5) is 5.69 Å². The summed E-state index contributed by atoms with van der Waals surface area (Å²) >= 11 is 0. The Kier molecular flexibility index (Phi) is 7.73. The Bertz CT molecular complexity index is 637. The first-order valence-corrected chi connectivity index (χ1v) is 9.02. The molecule has 0 bridgehead atoms. The summed E-state index contributed by atoms with van der Waals surface area (Å²) < 4.78 is 23.9. The van der Waals surface area contributed by atoms with Crippen LogP contribution >= 0.6 is 12.4 Å². The third kappa shape index (κ3) is 6.49. The normalized spacial score (nSPS) is 13.3. The first-order valence-electron chi connectivity index (χ1n) is 7.30. The maximum absolute atomic E-state index is 12.1. The van der Waals surface area contributed by atoms with Gasteiger partial charge in [-0.2, -0.15) is 0 Å². The maximum atomic E-state index is 12.1. The van der Waals surface area contributed by atoms with Crippen LogP contribution < -0.4 is 11.1 Å². The summed E-state index contributed by atoms with van der Waals surface area (Å²) in [5.74, 6) is -0.323. The Morgan fingerprint density at radius 2 is 1.83 bits per heavy atom. The molecule has 0 spiro atoms. The molecule has 0 saturated carbocycles. The first kappa shape index (κ1) is 21.9. The van der Waals surface area contributed by atoms with Crippen molar-refractivity contribution in [1.82, 2.24) is 0 Å². The average Bonchev–Trinajstić information content (AvgIpc) is 2.36. The number of amides is 1. The summed E-state index contributed by atoms with van der Waals surface area (Å²) in [5.41, 5.74) is 6.77. The molecule has 0 heterocycles. The molecule has 132 valence electrons. The molecule has 5 nitrogen and oxygen atoms in total. The van der Waals surface area contributed by atoms with Crippen LogP contribution in [0.3, 0.4) is 0 Å². The van der Waals surface area contributed by atoms with Crippen molar-refractivity contribution in [2.75, 3.05) is 5.32 Å². The zero-order chi connectivity index (χ0) is 17.1. The third-order valence-corrected chi connectivity index (χ3v) is 5.67. The number of carbonyl (C=O) groups excluding carboxylic acids is 1. The number of rotatable bonds is 5. The van der Waals surface area contributed by atoms with Gasteiger partial charge in [0.15, 0.2) is 9.84 Å². The lowest BCUT2D eigenvalue weighted by atomic mass is 9.87. The van der Waals surface area contributed by atoms with Gasteiger partial charge in [-0.1, -0.05) is 32.9 Å². The van der Waals surface area contributed by atoms with Crippen molar-refractivity contribution in [3.8, 4) is 0 Å². The van der Waals surface area contributed by atoms with E-state index in [-0.39, 0.29) is 29.5 Å². The number of benzene rings is 1.